The van der Waals surface area contributed by atoms with Crippen LogP contribution in [0.4, 0.5) is 9.93 Å². The molecule has 0 spiro atoms. The minimum atomic E-state index is -0.855. The van der Waals surface area contributed by atoms with Crippen LogP contribution in [0.25, 0.3) is 0 Å². The third-order valence-electron chi connectivity index (χ3n) is 2.14. The van der Waals surface area contributed by atoms with E-state index >= 15 is 0 Å². The van der Waals surface area contributed by atoms with Gasteiger partial charge in [0.25, 0.3) is 0 Å². The molecule has 1 atom stereocenters. The van der Waals surface area contributed by atoms with E-state index in [1.807, 2.05) is 13.8 Å². The molecule has 0 saturated heterocycles. The number of hydrogen-bond acceptors (Lipinski definition) is 7. The zero-order valence-corrected chi connectivity index (χ0v) is 12.9. The minimum Gasteiger partial charge on any atom is -0.357 e. The highest BCUT2D eigenvalue weighted by Gasteiger charge is 2.26. The van der Waals surface area contributed by atoms with E-state index in [2.05, 4.69) is 27.4 Å². The summed E-state index contributed by atoms with van der Waals surface area (Å²) in [5, 5.41) is 13.3. The van der Waals surface area contributed by atoms with Gasteiger partial charge in [-0.2, -0.15) is 0 Å². The number of thioether (sulfide) groups is 1. The highest BCUT2D eigenvalue weighted by molar-refractivity contribution is 8.02. The molecule has 1 aromatic rings. The van der Waals surface area contributed by atoms with Crippen molar-refractivity contribution in [2.45, 2.75) is 23.4 Å². The fraction of sp³-hybridized carbons (Fsp3) is 0.455. The quantitative estimate of drug-likeness (QED) is 0.519. The Morgan fingerprint density at radius 3 is 2.75 bits per heavy atom. The fourth-order valence-electron chi connectivity index (χ4n) is 1.28. The molecule has 0 fully saturated rings. The Kier molecular flexibility index (Phi) is 6.46. The van der Waals surface area contributed by atoms with Crippen molar-refractivity contribution >= 4 is 40.2 Å². The van der Waals surface area contributed by atoms with Crippen LogP contribution in [-0.4, -0.2) is 33.9 Å². The average molecular weight is 315 g/mol. The fourth-order valence-corrected chi connectivity index (χ4v) is 3.25. The monoisotopic (exact) mass is 315 g/mol. The van der Waals surface area contributed by atoms with Gasteiger partial charge in [0.2, 0.25) is 11.0 Å². The summed E-state index contributed by atoms with van der Waals surface area (Å²) in [5.74, 6) is -0.402. The molecule has 0 aliphatic carbocycles. The molecule has 20 heavy (non-hydrogen) atoms. The molecule has 3 amide bonds. The highest BCUT2D eigenvalue weighted by Crippen LogP contribution is 2.32. The van der Waals surface area contributed by atoms with Gasteiger partial charge < -0.3 is 11.1 Å². The minimum absolute atomic E-state index is 0.0211. The summed E-state index contributed by atoms with van der Waals surface area (Å²) in [6, 6.07) is -0.855. The SMILES string of the molecule is C=CCNc1nnc(S[C@H](C(=O)NC(N)=O)C(C)C)s1. The molecule has 1 rings (SSSR count). The first-order chi connectivity index (χ1) is 9.43. The molecule has 7 nitrogen and oxygen atoms in total. The highest BCUT2D eigenvalue weighted by atomic mass is 32.2. The molecule has 9 heteroatoms. The van der Waals surface area contributed by atoms with Crippen LogP contribution >= 0.6 is 23.1 Å². The van der Waals surface area contributed by atoms with E-state index in [0.29, 0.717) is 16.0 Å². The molecule has 0 saturated carbocycles. The first-order valence-corrected chi connectivity index (χ1v) is 7.59. The largest absolute Gasteiger partial charge is 0.357 e. The molecule has 0 radical (unpaired) electrons. The number of hydrogen-bond donors (Lipinski definition) is 3. The summed E-state index contributed by atoms with van der Waals surface area (Å²) in [6.45, 7) is 7.96. The smallest absolute Gasteiger partial charge is 0.318 e. The molecule has 0 aromatic carbocycles. The van der Waals surface area contributed by atoms with Gasteiger partial charge in [-0.1, -0.05) is 43.0 Å². The van der Waals surface area contributed by atoms with E-state index in [9.17, 15) is 9.59 Å². The van der Waals surface area contributed by atoms with Gasteiger partial charge >= 0.3 is 6.03 Å². The summed E-state index contributed by atoms with van der Waals surface area (Å²) in [7, 11) is 0. The maximum Gasteiger partial charge on any atom is 0.318 e. The zero-order valence-electron chi connectivity index (χ0n) is 11.3. The number of amides is 3. The van der Waals surface area contributed by atoms with Gasteiger partial charge in [0.15, 0.2) is 4.34 Å². The summed E-state index contributed by atoms with van der Waals surface area (Å²) in [5.41, 5.74) is 4.96. The molecule has 0 aliphatic heterocycles. The van der Waals surface area contributed by atoms with E-state index in [4.69, 9.17) is 5.73 Å². The second-order valence-corrected chi connectivity index (χ2v) is 6.54. The van der Waals surface area contributed by atoms with Crippen LogP contribution in [0, 0.1) is 5.92 Å². The van der Waals surface area contributed by atoms with Gasteiger partial charge in [-0.05, 0) is 5.92 Å². The standard InChI is InChI=1S/C11H17N5O2S2/c1-4-5-13-10-15-16-11(20-10)19-7(6(2)3)8(17)14-9(12)18/h4,6-7H,1,5H2,2-3H3,(H,13,15)(H3,12,14,17,18)/t7-/m0/s1. The number of imide groups is 1. The molecule has 4 N–H and O–H groups in total. The maximum atomic E-state index is 11.9. The lowest BCUT2D eigenvalue weighted by Gasteiger charge is -2.16. The molecule has 0 unspecified atom stereocenters. The van der Waals surface area contributed by atoms with E-state index in [1.54, 1.807) is 6.08 Å². The zero-order chi connectivity index (χ0) is 15.1. The van der Waals surface area contributed by atoms with Crippen LogP contribution in [0.5, 0.6) is 0 Å². The number of aromatic nitrogens is 2. The molecule has 0 aliphatic rings. The molecule has 0 bridgehead atoms. The number of anilines is 1. The van der Waals surface area contributed by atoms with E-state index in [0.717, 1.165) is 0 Å². The maximum absolute atomic E-state index is 11.9. The summed E-state index contributed by atoms with van der Waals surface area (Å²) < 4.78 is 0.648. The predicted molar refractivity (Wildman–Crippen MR) is 80.8 cm³/mol. The van der Waals surface area contributed by atoms with Crippen molar-refractivity contribution in [2.75, 3.05) is 11.9 Å². The lowest BCUT2D eigenvalue weighted by Crippen LogP contribution is -2.42. The van der Waals surface area contributed by atoms with Crippen molar-refractivity contribution in [3.63, 3.8) is 0 Å². The van der Waals surface area contributed by atoms with Crippen LogP contribution in [0.3, 0.4) is 0 Å². The van der Waals surface area contributed by atoms with Gasteiger partial charge in [0.1, 0.15) is 0 Å². The third-order valence-corrected chi connectivity index (χ3v) is 4.65. The topological polar surface area (TPSA) is 110 Å². The van der Waals surface area contributed by atoms with Gasteiger partial charge in [-0.3, -0.25) is 10.1 Å². The first-order valence-electron chi connectivity index (χ1n) is 5.89. The Hall–Kier alpha value is -1.61. The molecular weight excluding hydrogens is 298 g/mol. The van der Waals surface area contributed by atoms with E-state index in [-0.39, 0.29) is 5.92 Å². The molecule has 1 heterocycles. The summed E-state index contributed by atoms with van der Waals surface area (Å²) >= 11 is 2.60. The Morgan fingerprint density at radius 1 is 1.50 bits per heavy atom. The number of nitrogens with two attached hydrogens (primary N) is 1. The number of primary amides is 1. The van der Waals surface area contributed by atoms with Crippen LogP contribution in [0.1, 0.15) is 13.8 Å². The normalized spacial score (nSPS) is 11.9. The molecule has 110 valence electrons. The molecular formula is C11H17N5O2S2. The van der Waals surface area contributed by atoms with Gasteiger partial charge in [0.05, 0.1) is 5.25 Å². The number of urea groups is 1. The van der Waals surface area contributed by atoms with Crippen LogP contribution in [0.2, 0.25) is 0 Å². The number of nitrogens with zero attached hydrogens (tertiary/aromatic N) is 2. The van der Waals surface area contributed by atoms with Crippen LogP contribution < -0.4 is 16.4 Å². The van der Waals surface area contributed by atoms with Crippen molar-refractivity contribution in [2.24, 2.45) is 11.7 Å². The van der Waals surface area contributed by atoms with Gasteiger partial charge in [-0.25, -0.2) is 4.79 Å². The van der Waals surface area contributed by atoms with Crippen molar-refractivity contribution in [1.82, 2.24) is 15.5 Å². The second-order valence-electron chi connectivity index (χ2n) is 4.18. The Morgan fingerprint density at radius 2 is 2.20 bits per heavy atom. The van der Waals surface area contributed by atoms with Crippen molar-refractivity contribution in [3.05, 3.63) is 12.7 Å². The Balaban J connectivity index is 2.70. The van der Waals surface area contributed by atoms with Crippen molar-refractivity contribution in [3.8, 4) is 0 Å². The number of nitrogens with one attached hydrogen (secondary N) is 2. The average Bonchev–Trinajstić information content (AvgIpc) is 2.79. The van der Waals surface area contributed by atoms with E-state index in [1.165, 1.54) is 23.1 Å². The summed E-state index contributed by atoms with van der Waals surface area (Å²) in [4.78, 5) is 22.6. The van der Waals surface area contributed by atoms with Crippen LogP contribution in [0.15, 0.2) is 17.0 Å². The number of rotatable bonds is 7. The van der Waals surface area contributed by atoms with Crippen LogP contribution in [-0.2, 0) is 4.79 Å². The van der Waals surface area contributed by atoms with Gasteiger partial charge in [-0.15, -0.1) is 16.8 Å². The molecule has 1 aromatic heterocycles. The first kappa shape index (κ1) is 16.4. The third kappa shape index (κ3) is 5.17. The lowest BCUT2D eigenvalue weighted by atomic mass is 10.1. The Bertz CT molecular complexity index is 489. The van der Waals surface area contributed by atoms with Crippen molar-refractivity contribution in [1.29, 1.82) is 0 Å². The Labute approximate surface area is 125 Å². The second kappa shape index (κ2) is 7.85. The predicted octanol–water partition coefficient (Wildman–Crippen LogP) is 1.45. The van der Waals surface area contributed by atoms with Gasteiger partial charge in [0, 0.05) is 6.54 Å². The lowest BCUT2D eigenvalue weighted by molar-refractivity contribution is -0.120. The van der Waals surface area contributed by atoms with Crippen molar-refractivity contribution < 1.29 is 9.59 Å². The summed E-state index contributed by atoms with van der Waals surface area (Å²) in [6.07, 6.45) is 1.71. The number of carbonyl (C=O) groups is 2. The number of carbonyl (C=O) groups excluding carboxylic acids is 2. The van der Waals surface area contributed by atoms with E-state index < -0.39 is 17.2 Å².